The molecule has 0 spiro atoms. The maximum Gasteiger partial charge on any atom is 0.275 e. The number of hydrogen-bond acceptors (Lipinski definition) is 5. The third-order valence-electron chi connectivity index (χ3n) is 2.17. The summed E-state index contributed by atoms with van der Waals surface area (Å²) in [6.45, 7) is 2.48. The van der Waals surface area contributed by atoms with Crippen molar-refractivity contribution in [3.05, 3.63) is 33.0 Å². The van der Waals surface area contributed by atoms with E-state index in [-0.39, 0.29) is 5.91 Å². The number of nitrogens with zero attached hydrogens (tertiary/aromatic N) is 3. The van der Waals surface area contributed by atoms with Crippen LogP contribution >= 0.6 is 22.9 Å². The van der Waals surface area contributed by atoms with E-state index in [1.54, 1.807) is 23.3 Å². The molecule has 4 nitrogen and oxygen atoms in total. The molecule has 0 unspecified atom stereocenters. The highest BCUT2D eigenvalue weighted by Gasteiger charge is 2.18. The minimum Gasteiger partial charge on any atom is -0.335 e. The second-order valence-electron chi connectivity index (χ2n) is 3.42. The molecule has 1 amide bonds. The van der Waals surface area contributed by atoms with Crippen LogP contribution in [0.2, 0.25) is 0 Å². The third kappa shape index (κ3) is 2.28. The van der Waals surface area contributed by atoms with Crippen molar-refractivity contribution in [2.45, 2.75) is 13.5 Å². The number of rotatable bonds is 3. The van der Waals surface area contributed by atoms with Gasteiger partial charge in [0.25, 0.3) is 5.91 Å². The van der Waals surface area contributed by atoms with Gasteiger partial charge in [-0.2, -0.15) is 0 Å². The molecule has 84 valence electrons. The smallest absolute Gasteiger partial charge is 0.275 e. The molecule has 0 N–H and O–H groups in total. The molecule has 0 radical (unpaired) electrons. The molecule has 0 saturated heterocycles. The van der Waals surface area contributed by atoms with Crippen molar-refractivity contribution in [2.24, 2.45) is 0 Å². The number of aryl methyl sites for hydroxylation is 1. The van der Waals surface area contributed by atoms with Gasteiger partial charge in [0.2, 0.25) is 0 Å². The largest absolute Gasteiger partial charge is 0.335 e. The van der Waals surface area contributed by atoms with Crippen molar-refractivity contribution in [2.75, 3.05) is 7.05 Å². The van der Waals surface area contributed by atoms with Gasteiger partial charge < -0.3 is 4.90 Å². The first-order chi connectivity index (χ1) is 7.68. The molecule has 0 aliphatic carbocycles. The quantitative estimate of drug-likeness (QED) is 0.842. The lowest BCUT2D eigenvalue weighted by Gasteiger charge is -2.14. The van der Waals surface area contributed by atoms with Crippen LogP contribution in [0.15, 0.2) is 17.5 Å². The van der Waals surface area contributed by atoms with Crippen LogP contribution in [0.4, 0.5) is 0 Å². The van der Waals surface area contributed by atoms with Gasteiger partial charge in [0, 0.05) is 11.9 Å². The molecule has 16 heavy (non-hydrogen) atoms. The van der Waals surface area contributed by atoms with Crippen LogP contribution in [0.3, 0.4) is 0 Å². The molecule has 2 heterocycles. The Morgan fingerprint density at radius 2 is 2.38 bits per heavy atom. The average molecular weight is 253 g/mol. The number of hydrogen-bond donors (Lipinski definition) is 0. The second kappa shape index (κ2) is 4.71. The lowest BCUT2D eigenvalue weighted by molar-refractivity contribution is 0.0780. The second-order valence-corrected chi connectivity index (χ2v) is 5.41. The highest BCUT2D eigenvalue weighted by atomic mass is 32.1. The van der Waals surface area contributed by atoms with E-state index in [2.05, 4.69) is 9.59 Å². The molecule has 0 bridgehead atoms. The molecule has 0 aromatic carbocycles. The van der Waals surface area contributed by atoms with Gasteiger partial charge in [-0.05, 0) is 29.9 Å². The van der Waals surface area contributed by atoms with Crippen LogP contribution in [-0.2, 0) is 6.54 Å². The van der Waals surface area contributed by atoms with Gasteiger partial charge in [0.15, 0.2) is 5.69 Å². The number of aromatic nitrogens is 2. The van der Waals surface area contributed by atoms with Crippen LogP contribution < -0.4 is 0 Å². The summed E-state index contributed by atoms with van der Waals surface area (Å²) in [6.07, 6.45) is 0. The van der Waals surface area contributed by atoms with Crippen LogP contribution in [-0.4, -0.2) is 27.4 Å². The van der Waals surface area contributed by atoms with Crippen molar-refractivity contribution in [1.29, 1.82) is 0 Å². The van der Waals surface area contributed by atoms with Gasteiger partial charge in [0.1, 0.15) is 0 Å². The van der Waals surface area contributed by atoms with E-state index in [0.717, 1.165) is 9.75 Å². The van der Waals surface area contributed by atoms with E-state index in [9.17, 15) is 4.79 Å². The first kappa shape index (κ1) is 11.2. The van der Waals surface area contributed by atoms with Crippen LogP contribution in [0.25, 0.3) is 0 Å². The van der Waals surface area contributed by atoms with E-state index in [1.807, 2.05) is 24.4 Å². The summed E-state index contributed by atoms with van der Waals surface area (Å²) < 4.78 is 3.77. The molecule has 2 aromatic rings. The average Bonchev–Trinajstić information content (AvgIpc) is 2.88. The van der Waals surface area contributed by atoms with Crippen molar-refractivity contribution in [1.82, 2.24) is 14.5 Å². The fourth-order valence-corrected chi connectivity index (χ4v) is 2.54. The Hall–Kier alpha value is -1.27. The lowest BCUT2D eigenvalue weighted by Crippen LogP contribution is -2.26. The molecule has 2 rings (SSSR count). The highest BCUT2D eigenvalue weighted by molar-refractivity contribution is 7.09. The van der Waals surface area contributed by atoms with Crippen molar-refractivity contribution in [3.8, 4) is 0 Å². The van der Waals surface area contributed by atoms with Crippen molar-refractivity contribution in [3.63, 3.8) is 0 Å². The molecular formula is C10H11N3OS2. The van der Waals surface area contributed by atoms with E-state index in [1.165, 1.54) is 11.5 Å². The number of amides is 1. The van der Waals surface area contributed by atoms with Gasteiger partial charge in [-0.1, -0.05) is 10.6 Å². The maximum atomic E-state index is 12.0. The first-order valence-corrected chi connectivity index (χ1v) is 6.40. The van der Waals surface area contributed by atoms with Gasteiger partial charge in [0.05, 0.1) is 11.4 Å². The van der Waals surface area contributed by atoms with E-state index < -0.39 is 0 Å². The SMILES string of the molecule is Cc1snnc1C(=O)N(C)Cc1cccs1. The summed E-state index contributed by atoms with van der Waals surface area (Å²) in [5.41, 5.74) is 0.462. The topological polar surface area (TPSA) is 46.1 Å². The van der Waals surface area contributed by atoms with E-state index >= 15 is 0 Å². The fourth-order valence-electron chi connectivity index (χ4n) is 1.32. The van der Waals surface area contributed by atoms with Gasteiger partial charge >= 0.3 is 0 Å². The lowest BCUT2D eigenvalue weighted by atomic mass is 10.3. The molecule has 0 atom stereocenters. The summed E-state index contributed by atoms with van der Waals surface area (Å²) in [5.74, 6) is -0.0698. The predicted molar refractivity (Wildman–Crippen MR) is 64.8 cm³/mol. The maximum absolute atomic E-state index is 12.0. The van der Waals surface area contributed by atoms with Gasteiger partial charge in [-0.15, -0.1) is 16.4 Å². The van der Waals surface area contributed by atoms with Crippen molar-refractivity contribution < 1.29 is 4.79 Å². The zero-order valence-electron chi connectivity index (χ0n) is 9.01. The zero-order valence-corrected chi connectivity index (χ0v) is 10.6. The Kier molecular flexibility index (Phi) is 3.31. The number of carbonyl (C=O) groups is 1. The monoisotopic (exact) mass is 253 g/mol. The molecule has 0 fully saturated rings. The normalized spacial score (nSPS) is 10.4. The molecule has 0 aliphatic heterocycles. The Morgan fingerprint density at radius 1 is 1.56 bits per heavy atom. The van der Waals surface area contributed by atoms with Gasteiger partial charge in [-0.3, -0.25) is 4.79 Å². The van der Waals surface area contributed by atoms with Crippen molar-refractivity contribution >= 4 is 28.8 Å². The number of carbonyl (C=O) groups excluding carboxylic acids is 1. The summed E-state index contributed by atoms with van der Waals surface area (Å²) in [4.78, 5) is 15.7. The third-order valence-corrected chi connectivity index (χ3v) is 3.67. The summed E-state index contributed by atoms with van der Waals surface area (Å²) in [6, 6.07) is 3.99. The Morgan fingerprint density at radius 3 is 2.94 bits per heavy atom. The predicted octanol–water partition coefficient (Wildman–Crippen LogP) is 2.18. The summed E-state index contributed by atoms with van der Waals surface area (Å²) >= 11 is 2.89. The molecular weight excluding hydrogens is 242 g/mol. The molecule has 0 aliphatic rings. The van der Waals surface area contributed by atoms with Crippen LogP contribution in [0, 0.1) is 6.92 Å². The van der Waals surface area contributed by atoms with E-state index in [4.69, 9.17) is 0 Å². The minimum absolute atomic E-state index is 0.0698. The Balaban J connectivity index is 2.08. The highest BCUT2D eigenvalue weighted by Crippen LogP contribution is 2.14. The standard InChI is InChI=1S/C10H11N3OS2/c1-7-9(11-12-16-7)10(14)13(2)6-8-4-3-5-15-8/h3-5H,6H2,1-2H3. The first-order valence-electron chi connectivity index (χ1n) is 4.75. The Bertz CT molecular complexity index is 478. The summed E-state index contributed by atoms with van der Waals surface area (Å²) in [5, 5.41) is 5.85. The van der Waals surface area contributed by atoms with Crippen LogP contribution in [0.1, 0.15) is 20.2 Å². The zero-order chi connectivity index (χ0) is 11.5. The molecule has 6 heteroatoms. The van der Waals surface area contributed by atoms with E-state index in [0.29, 0.717) is 12.2 Å². The van der Waals surface area contributed by atoms with Gasteiger partial charge in [-0.25, -0.2) is 0 Å². The fraction of sp³-hybridized carbons (Fsp3) is 0.300. The molecule has 2 aromatic heterocycles. The number of thiophene rings is 1. The summed E-state index contributed by atoms with van der Waals surface area (Å²) in [7, 11) is 1.78. The molecule has 0 saturated carbocycles. The minimum atomic E-state index is -0.0698. The van der Waals surface area contributed by atoms with Crippen LogP contribution in [0.5, 0.6) is 0 Å². The Labute approximate surface area is 102 Å².